The van der Waals surface area contributed by atoms with Crippen molar-refractivity contribution in [1.29, 1.82) is 0 Å². The van der Waals surface area contributed by atoms with Crippen LogP contribution in [0.2, 0.25) is 0 Å². The third-order valence-electron chi connectivity index (χ3n) is 1.05. The Labute approximate surface area is 70.2 Å². The molecule has 2 atom stereocenters. The average molecular weight is 188 g/mol. The molecule has 0 aromatic rings. The highest BCUT2D eigenvalue weighted by molar-refractivity contribution is 8.27. The molecular weight excluding hydrogens is 184 g/mol. The van der Waals surface area contributed by atoms with Crippen molar-refractivity contribution in [3.05, 3.63) is 0 Å². The maximum atomic E-state index is 10.9. The van der Waals surface area contributed by atoms with Gasteiger partial charge in [0.25, 0.3) is 9.05 Å². The lowest BCUT2D eigenvalue weighted by molar-refractivity contribution is 0.251. The molecule has 0 spiro atoms. The zero-order valence-corrected chi connectivity index (χ0v) is 6.98. The summed E-state index contributed by atoms with van der Waals surface area (Å²) < 4.78 is 20.2. The van der Waals surface area contributed by atoms with Gasteiger partial charge in [-0.2, -0.15) is 4.21 Å². The van der Waals surface area contributed by atoms with Gasteiger partial charge in [0.15, 0.2) is 12.2 Å². The Morgan fingerprint density at radius 1 is 1.27 bits per heavy atom. The van der Waals surface area contributed by atoms with Gasteiger partial charge in [-0.15, -0.1) is 12.8 Å². The first-order valence-corrected chi connectivity index (χ1v) is 4.96. The molecule has 3 nitrogen and oxygen atoms in total. The Bertz CT molecular complexity index is 302. The van der Waals surface area contributed by atoms with E-state index in [1.807, 2.05) is 0 Å². The van der Waals surface area contributed by atoms with E-state index in [1.165, 1.54) is 0 Å². The smallest absolute Gasteiger partial charge is 0.249 e. The summed E-state index contributed by atoms with van der Waals surface area (Å²) in [5.74, 6) is 4.37. The van der Waals surface area contributed by atoms with Crippen molar-refractivity contribution in [3.63, 3.8) is 0 Å². The van der Waals surface area contributed by atoms with Gasteiger partial charge in [-0.1, -0.05) is 11.8 Å². The van der Waals surface area contributed by atoms with Gasteiger partial charge < -0.3 is 0 Å². The van der Waals surface area contributed by atoms with Crippen molar-refractivity contribution in [3.8, 4) is 24.7 Å². The molecule has 0 bridgehead atoms. The van der Waals surface area contributed by atoms with Crippen LogP contribution in [0.5, 0.6) is 0 Å². The number of rotatable bonds is 0. The topological polar surface area (TPSA) is 35.5 Å². The number of hydrogen-bond donors (Lipinski definition) is 0. The average Bonchev–Trinajstić information content (AvgIpc) is 2.25. The molecule has 0 aromatic heterocycles. The second-order valence-electron chi connectivity index (χ2n) is 1.78. The zero-order valence-electron chi connectivity index (χ0n) is 5.35. The van der Waals surface area contributed by atoms with E-state index in [0.29, 0.717) is 0 Å². The molecule has 5 heteroatoms. The summed E-state index contributed by atoms with van der Waals surface area (Å²) in [4.78, 5) is 0. The van der Waals surface area contributed by atoms with Crippen LogP contribution in [0.4, 0.5) is 0 Å². The van der Waals surface area contributed by atoms with E-state index in [4.69, 9.17) is 12.8 Å². The van der Waals surface area contributed by atoms with E-state index in [0.717, 1.165) is 0 Å². The van der Waals surface area contributed by atoms with Crippen LogP contribution in [0.15, 0.2) is 0 Å². The van der Waals surface area contributed by atoms with Crippen molar-refractivity contribution < 1.29 is 12.6 Å². The molecule has 1 heterocycles. The molecule has 1 aliphatic heterocycles. The second kappa shape index (κ2) is 2.80. The molecule has 1 saturated heterocycles. The Kier molecular flexibility index (Phi) is 2.17. The Morgan fingerprint density at radius 3 is 1.91 bits per heavy atom. The van der Waals surface area contributed by atoms with Gasteiger partial charge in [0.1, 0.15) is 0 Å². The molecule has 11 heavy (non-hydrogen) atoms. The van der Waals surface area contributed by atoms with Crippen LogP contribution in [0, 0.1) is 24.7 Å². The van der Waals surface area contributed by atoms with E-state index >= 15 is 0 Å². The van der Waals surface area contributed by atoms with Crippen LogP contribution in [-0.2, 0) is 28.6 Å². The van der Waals surface area contributed by atoms with Crippen molar-refractivity contribution in [1.82, 2.24) is 0 Å². The van der Waals surface area contributed by atoms with Crippen molar-refractivity contribution in [2.75, 3.05) is 0 Å². The predicted molar refractivity (Wildman–Crippen MR) is 42.9 cm³/mol. The van der Waals surface area contributed by atoms with Crippen LogP contribution < -0.4 is 0 Å². The quantitative estimate of drug-likeness (QED) is 0.485. The van der Waals surface area contributed by atoms with Crippen LogP contribution in [0.3, 0.4) is 0 Å². The molecule has 1 rings (SSSR count). The van der Waals surface area contributed by atoms with Crippen LogP contribution >= 0.6 is 0 Å². The fourth-order valence-electron chi connectivity index (χ4n) is 0.608. The highest BCUT2D eigenvalue weighted by atomic mass is 32.9. The van der Waals surface area contributed by atoms with Crippen molar-refractivity contribution in [2.24, 2.45) is 0 Å². The normalized spacial score (nSPS) is 42.7. The summed E-state index contributed by atoms with van der Waals surface area (Å²) in [5.41, 5.74) is 0. The molecule has 1 fully saturated rings. The number of terminal acetylenes is 2. The van der Waals surface area contributed by atoms with Gasteiger partial charge in [-0.3, -0.25) is 0 Å². The van der Waals surface area contributed by atoms with E-state index in [-0.39, 0.29) is 0 Å². The lowest BCUT2D eigenvalue weighted by Gasteiger charge is -1.98. The first-order chi connectivity index (χ1) is 5.09. The molecule has 58 valence electrons. The third kappa shape index (κ3) is 1.70. The van der Waals surface area contributed by atoms with E-state index in [9.17, 15) is 4.21 Å². The molecular formula is C6H4O3S2. The molecule has 1 aliphatic rings. The summed E-state index contributed by atoms with van der Waals surface area (Å²) in [7, 11) is -3.12. The van der Waals surface area contributed by atoms with Gasteiger partial charge >= 0.3 is 0 Å². The lowest BCUT2D eigenvalue weighted by atomic mass is 10.2. The summed E-state index contributed by atoms with van der Waals surface area (Å²) in [6.07, 6.45) is 8.42. The fraction of sp³-hybridized carbons (Fsp3) is 0.333. The zero-order chi connectivity index (χ0) is 8.48. The van der Waals surface area contributed by atoms with Gasteiger partial charge in [0.05, 0.1) is 0 Å². The first-order valence-electron chi connectivity index (χ1n) is 2.63. The van der Waals surface area contributed by atoms with Crippen LogP contribution in [0.25, 0.3) is 0 Å². The molecule has 2 unspecified atom stereocenters. The minimum absolute atomic E-state index is 0.787. The maximum absolute atomic E-state index is 10.9. The molecule has 0 saturated carbocycles. The van der Waals surface area contributed by atoms with Gasteiger partial charge in [0.2, 0.25) is 0 Å². The highest BCUT2D eigenvalue weighted by Crippen LogP contribution is 2.19. The van der Waals surface area contributed by atoms with Gasteiger partial charge in [-0.05, 0) is 0 Å². The first kappa shape index (κ1) is 8.51. The van der Waals surface area contributed by atoms with Gasteiger partial charge in [-0.25, -0.2) is 8.37 Å². The molecule has 0 radical (unpaired) electrons. The van der Waals surface area contributed by atoms with E-state index < -0.39 is 21.3 Å². The van der Waals surface area contributed by atoms with Crippen LogP contribution in [0.1, 0.15) is 0 Å². The Hall–Kier alpha value is -0.590. The molecule has 0 N–H and O–H groups in total. The predicted octanol–water partition coefficient (Wildman–Crippen LogP) is -0.387. The second-order valence-corrected chi connectivity index (χ2v) is 4.20. The van der Waals surface area contributed by atoms with E-state index in [2.05, 4.69) is 31.4 Å². The summed E-state index contributed by atoms with van der Waals surface area (Å²) in [6.45, 7) is 0. The Morgan fingerprint density at radius 2 is 1.64 bits per heavy atom. The maximum Gasteiger partial charge on any atom is 0.271 e. The molecule has 0 amide bonds. The Balaban J connectivity index is 2.91. The third-order valence-corrected chi connectivity index (χ3v) is 2.40. The highest BCUT2D eigenvalue weighted by Gasteiger charge is 2.34. The minimum Gasteiger partial charge on any atom is -0.249 e. The summed E-state index contributed by atoms with van der Waals surface area (Å²) >= 11 is 4.39. The summed E-state index contributed by atoms with van der Waals surface area (Å²) in [6, 6.07) is 0. The van der Waals surface area contributed by atoms with Crippen LogP contribution in [-0.4, -0.2) is 16.4 Å². The molecule has 0 aromatic carbocycles. The number of hydrogen-bond acceptors (Lipinski definition) is 4. The molecule has 0 aliphatic carbocycles. The monoisotopic (exact) mass is 188 g/mol. The van der Waals surface area contributed by atoms with Crippen molar-refractivity contribution in [2.45, 2.75) is 12.2 Å². The van der Waals surface area contributed by atoms with Crippen molar-refractivity contribution >= 4 is 20.2 Å². The summed E-state index contributed by atoms with van der Waals surface area (Å²) in [5, 5.41) is 0. The SMILES string of the molecule is C#CC1OS(=O)(=S)OC1C#C. The van der Waals surface area contributed by atoms with E-state index in [1.54, 1.807) is 0 Å². The van der Waals surface area contributed by atoms with Gasteiger partial charge in [0, 0.05) is 11.2 Å². The standard InChI is InChI=1S/C6H4O3S2/c1-3-5-6(4-2)9-11(7,10)8-5/h1-2,5-6H. The lowest BCUT2D eigenvalue weighted by Crippen LogP contribution is -2.17. The minimum atomic E-state index is -3.12. The fourth-order valence-corrected chi connectivity index (χ4v) is 1.98. The largest absolute Gasteiger partial charge is 0.271 e.